The Balaban J connectivity index is 1.77. The van der Waals surface area contributed by atoms with Gasteiger partial charge in [0, 0.05) is 16.2 Å². The first-order valence-corrected chi connectivity index (χ1v) is 8.43. The fourth-order valence-electron chi connectivity index (χ4n) is 2.34. The summed E-state index contributed by atoms with van der Waals surface area (Å²) in [5.74, 6) is 0.758. The number of amides is 1. The van der Waals surface area contributed by atoms with E-state index in [0.29, 0.717) is 10.7 Å². The molecule has 1 fully saturated rings. The Bertz CT molecular complexity index is 396. The molecule has 1 aromatic heterocycles. The maximum atomic E-state index is 12.0. The Labute approximate surface area is 121 Å². The molecule has 1 N–H and O–H groups in total. The van der Waals surface area contributed by atoms with Gasteiger partial charge in [-0.1, -0.05) is 22.9 Å². The Kier molecular flexibility index (Phi) is 5.25. The van der Waals surface area contributed by atoms with E-state index in [2.05, 4.69) is 34.2 Å². The summed E-state index contributed by atoms with van der Waals surface area (Å²) in [6.07, 6.45) is 5.92. The van der Waals surface area contributed by atoms with Crippen LogP contribution in [-0.2, 0) is 6.42 Å². The van der Waals surface area contributed by atoms with E-state index in [-0.39, 0.29) is 5.91 Å². The number of thiophene rings is 1. The average Bonchev–Trinajstić information content (AvgIpc) is 2.86. The van der Waals surface area contributed by atoms with E-state index in [9.17, 15) is 4.79 Å². The standard InChI is InChI=1S/C14H20BrNOS/c1-2-12-7-8-13(18-12)14(17)16-9-10-3-5-11(15)6-4-10/h7-8,10-11H,2-6,9H2,1H3,(H,16,17). The molecule has 0 aliphatic heterocycles. The summed E-state index contributed by atoms with van der Waals surface area (Å²) >= 11 is 5.27. The van der Waals surface area contributed by atoms with Crippen LogP contribution in [0.3, 0.4) is 0 Å². The van der Waals surface area contributed by atoms with Gasteiger partial charge in [0.2, 0.25) is 0 Å². The first kappa shape index (κ1) is 14.1. The average molecular weight is 330 g/mol. The van der Waals surface area contributed by atoms with Gasteiger partial charge in [0.1, 0.15) is 0 Å². The van der Waals surface area contributed by atoms with Gasteiger partial charge in [-0.05, 0) is 50.2 Å². The molecule has 1 aromatic rings. The normalized spacial score (nSPS) is 23.9. The van der Waals surface area contributed by atoms with Crippen molar-refractivity contribution in [1.29, 1.82) is 0 Å². The summed E-state index contributed by atoms with van der Waals surface area (Å²) < 4.78 is 0. The monoisotopic (exact) mass is 329 g/mol. The van der Waals surface area contributed by atoms with Crippen molar-refractivity contribution < 1.29 is 4.79 Å². The Morgan fingerprint density at radius 1 is 1.39 bits per heavy atom. The van der Waals surface area contributed by atoms with Crippen LogP contribution in [-0.4, -0.2) is 17.3 Å². The van der Waals surface area contributed by atoms with E-state index in [4.69, 9.17) is 0 Å². The van der Waals surface area contributed by atoms with Gasteiger partial charge in [0.25, 0.3) is 5.91 Å². The predicted octanol–water partition coefficient (Wildman–Crippen LogP) is 3.99. The first-order valence-electron chi connectivity index (χ1n) is 6.70. The van der Waals surface area contributed by atoms with Crippen molar-refractivity contribution in [2.24, 2.45) is 5.92 Å². The van der Waals surface area contributed by atoms with Crippen molar-refractivity contribution in [3.8, 4) is 0 Å². The number of halogens is 1. The highest BCUT2D eigenvalue weighted by Gasteiger charge is 2.20. The largest absolute Gasteiger partial charge is 0.351 e. The smallest absolute Gasteiger partial charge is 0.261 e. The summed E-state index contributed by atoms with van der Waals surface area (Å²) in [4.78, 5) is 14.8. The molecule has 1 aliphatic carbocycles. The second-order valence-electron chi connectivity index (χ2n) is 4.95. The lowest BCUT2D eigenvalue weighted by Gasteiger charge is -2.25. The number of hydrogen-bond acceptors (Lipinski definition) is 2. The number of hydrogen-bond donors (Lipinski definition) is 1. The van der Waals surface area contributed by atoms with E-state index >= 15 is 0 Å². The van der Waals surface area contributed by atoms with Crippen LogP contribution in [0, 0.1) is 5.92 Å². The van der Waals surface area contributed by atoms with E-state index < -0.39 is 0 Å². The molecule has 1 amide bonds. The lowest BCUT2D eigenvalue weighted by molar-refractivity contribution is 0.0948. The van der Waals surface area contributed by atoms with Crippen molar-refractivity contribution in [1.82, 2.24) is 5.32 Å². The topological polar surface area (TPSA) is 29.1 Å². The number of alkyl halides is 1. The second-order valence-corrected chi connectivity index (χ2v) is 7.41. The predicted molar refractivity (Wildman–Crippen MR) is 80.7 cm³/mol. The van der Waals surface area contributed by atoms with Gasteiger partial charge in [0.05, 0.1) is 4.88 Å². The van der Waals surface area contributed by atoms with Crippen LogP contribution in [0.25, 0.3) is 0 Å². The molecule has 0 aromatic carbocycles. The number of carbonyl (C=O) groups excluding carboxylic acids is 1. The van der Waals surface area contributed by atoms with Gasteiger partial charge in [-0.2, -0.15) is 0 Å². The minimum absolute atomic E-state index is 0.0978. The van der Waals surface area contributed by atoms with Gasteiger partial charge in [-0.25, -0.2) is 0 Å². The van der Waals surface area contributed by atoms with Crippen molar-refractivity contribution in [2.45, 2.75) is 43.9 Å². The van der Waals surface area contributed by atoms with Crippen LogP contribution in [0.15, 0.2) is 12.1 Å². The minimum Gasteiger partial charge on any atom is -0.351 e. The highest BCUT2D eigenvalue weighted by molar-refractivity contribution is 9.09. The number of rotatable bonds is 4. The van der Waals surface area contributed by atoms with Crippen molar-refractivity contribution in [3.05, 3.63) is 21.9 Å². The molecule has 2 rings (SSSR count). The van der Waals surface area contributed by atoms with Crippen LogP contribution in [0.1, 0.15) is 47.2 Å². The molecule has 0 bridgehead atoms. The third-order valence-electron chi connectivity index (χ3n) is 3.56. The number of nitrogens with one attached hydrogen (secondary N) is 1. The summed E-state index contributed by atoms with van der Waals surface area (Å²) in [6.45, 7) is 2.95. The summed E-state index contributed by atoms with van der Waals surface area (Å²) in [5.41, 5.74) is 0. The molecule has 1 aliphatic rings. The third-order valence-corrected chi connectivity index (χ3v) is 5.71. The third kappa shape index (κ3) is 3.82. The molecule has 2 nitrogen and oxygen atoms in total. The van der Waals surface area contributed by atoms with Crippen LogP contribution in [0.2, 0.25) is 0 Å². The molecule has 0 radical (unpaired) electrons. The summed E-state index contributed by atoms with van der Waals surface area (Å²) in [5, 5.41) is 3.08. The fraction of sp³-hybridized carbons (Fsp3) is 0.643. The van der Waals surface area contributed by atoms with Gasteiger partial charge < -0.3 is 5.32 Å². The summed E-state index contributed by atoms with van der Waals surface area (Å²) in [7, 11) is 0. The quantitative estimate of drug-likeness (QED) is 0.831. The first-order chi connectivity index (χ1) is 8.69. The van der Waals surface area contributed by atoms with Crippen LogP contribution >= 0.6 is 27.3 Å². The lowest BCUT2D eigenvalue weighted by atomic mass is 9.89. The van der Waals surface area contributed by atoms with E-state index in [0.717, 1.165) is 17.8 Å². The van der Waals surface area contributed by atoms with Gasteiger partial charge >= 0.3 is 0 Å². The zero-order valence-corrected chi connectivity index (χ0v) is 13.1. The SMILES string of the molecule is CCc1ccc(C(=O)NCC2CCC(Br)CC2)s1. The van der Waals surface area contributed by atoms with E-state index in [1.807, 2.05) is 6.07 Å². The number of aryl methyl sites for hydroxylation is 1. The van der Waals surface area contributed by atoms with Crippen LogP contribution < -0.4 is 5.32 Å². The van der Waals surface area contributed by atoms with Crippen LogP contribution in [0.4, 0.5) is 0 Å². The molecule has 4 heteroatoms. The molecular weight excluding hydrogens is 310 g/mol. The van der Waals surface area contributed by atoms with Crippen LogP contribution in [0.5, 0.6) is 0 Å². The molecule has 1 saturated carbocycles. The highest BCUT2D eigenvalue weighted by atomic mass is 79.9. The van der Waals surface area contributed by atoms with Gasteiger partial charge in [-0.3, -0.25) is 4.79 Å². The second kappa shape index (κ2) is 6.71. The highest BCUT2D eigenvalue weighted by Crippen LogP contribution is 2.28. The molecule has 0 atom stereocenters. The van der Waals surface area contributed by atoms with Crippen molar-refractivity contribution >= 4 is 33.2 Å². The van der Waals surface area contributed by atoms with Crippen molar-refractivity contribution in [2.75, 3.05) is 6.54 Å². The number of carbonyl (C=O) groups is 1. The Morgan fingerprint density at radius 3 is 2.72 bits per heavy atom. The maximum Gasteiger partial charge on any atom is 0.261 e. The van der Waals surface area contributed by atoms with E-state index in [1.54, 1.807) is 11.3 Å². The van der Waals surface area contributed by atoms with Crippen molar-refractivity contribution in [3.63, 3.8) is 0 Å². The minimum atomic E-state index is 0.0978. The lowest BCUT2D eigenvalue weighted by Crippen LogP contribution is -2.30. The molecule has 0 saturated heterocycles. The van der Waals surface area contributed by atoms with E-state index in [1.165, 1.54) is 30.6 Å². The molecule has 0 unspecified atom stereocenters. The molecular formula is C14H20BrNOS. The molecule has 1 heterocycles. The van der Waals surface area contributed by atoms with Gasteiger partial charge in [-0.15, -0.1) is 11.3 Å². The zero-order chi connectivity index (χ0) is 13.0. The molecule has 18 heavy (non-hydrogen) atoms. The Morgan fingerprint density at radius 2 is 2.11 bits per heavy atom. The Hall–Kier alpha value is -0.350. The molecule has 0 spiro atoms. The fourth-order valence-corrected chi connectivity index (χ4v) is 3.73. The maximum absolute atomic E-state index is 12.0. The summed E-state index contributed by atoms with van der Waals surface area (Å²) in [6, 6.07) is 3.99. The molecule has 100 valence electrons. The zero-order valence-electron chi connectivity index (χ0n) is 10.7. The van der Waals surface area contributed by atoms with Gasteiger partial charge in [0.15, 0.2) is 0 Å².